The third kappa shape index (κ3) is 7.10. The Labute approximate surface area is 226 Å². The van der Waals surface area contributed by atoms with Crippen molar-refractivity contribution in [2.75, 3.05) is 47.4 Å². The van der Waals surface area contributed by atoms with Crippen molar-refractivity contribution in [3.05, 3.63) is 58.3 Å². The van der Waals surface area contributed by atoms with Crippen molar-refractivity contribution < 1.29 is 23.1 Å². The van der Waals surface area contributed by atoms with Gasteiger partial charge in [0.05, 0.1) is 24.3 Å². The van der Waals surface area contributed by atoms with E-state index in [4.69, 9.17) is 13.9 Å². The average molecular weight is 540 g/mol. The first-order chi connectivity index (χ1) is 18.8. The Balaban J connectivity index is 1.44. The molecule has 3 unspecified atom stereocenters. The first kappa shape index (κ1) is 28.4. The molecule has 2 N–H and O–H groups in total. The molecule has 4 rings (SSSR count). The molecular formula is C28H34FN5O5. The Morgan fingerprint density at radius 2 is 2.05 bits per heavy atom. The Hall–Kier alpha value is -3.56. The van der Waals surface area contributed by atoms with Crippen molar-refractivity contribution in [2.24, 2.45) is 0 Å². The van der Waals surface area contributed by atoms with Gasteiger partial charge in [-0.15, -0.1) is 0 Å². The van der Waals surface area contributed by atoms with Gasteiger partial charge in [-0.2, -0.15) is 5.26 Å². The molecule has 0 aliphatic carbocycles. The van der Waals surface area contributed by atoms with Crippen molar-refractivity contribution in [1.29, 1.82) is 5.26 Å². The van der Waals surface area contributed by atoms with Crippen LogP contribution in [0.3, 0.4) is 0 Å². The molecule has 0 bridgehead atoms. The summed E-state index contributed by atoms with van der Waals surface area (Å²) in [6.45, 7) is 2.38. The summed E-state index contributed by atoms with van der Waals surface area (Å²) in [6, 6.07) is 11.2. The van der Waals surface area contributed by atoms with Crippen LogP contribution in [0, 0.1) is 17.1 Å². The van der Waals surface area contributed by atoms with E-state index in [1.807, 2.05) is 25.1 Å². The number of ether oxygens (including phenoxy) is 2. The highest BCUT2D eigenvalue weighted by molar-refractivity contribution is 5.82. The number of likely N-dealkylation sites (N-methyl/N-ethyl adjacent to an activating group) is 1. The Kier molecular flexibility index (Phi) is 9.48. The van der Waals surface area contributed by atoms with E-state index in [-0.39, 0.29) is 19.1 Å². The van der Waals surface area contributed by atoms with Gasteiger partial charge in [-0.1, -0.05) is 18.2 Å². The first-order valence-electron chi connectivity index (χ1n) is 12.9. The second-order valence-electron chi connectivity index (χ2n) is 9.87. The van der Waals surface area contributed by atoms with Crippen molar-refractivity contribution >= 4 is 17.0 Å². The normalized spacial score (nSPS) is 18.9. The fourth-order valence-corrected chi connectivity index (χ4v) is 4.51. The number of hydrogen-bond donors (Lipinski definition) is 2. The van der Waals surface area contributed by atoms with E-state index in [9.17, 15) is 14.9 Å². The highest BCUT2D eigenvalue weighted by Gasteiger charge is 2.25. The zero-order valence-corrected chi connectivity index (χ0v) is 22.4. The van der Waals surface area contributed by atoms with E-state index >= 15 is 4.39 Å². The van der Waals surface area contributed by atoms with Gasteiger partial charge in [0, 0.05) is 39.7 Å². The van der Waals surface area contributed by atoms with Crippen LogP contribution in [-0.2, 0) is 27.2 Å². The maximum atomic E-state index is 15.2. The molecule has 1 saturated heterocycles. The van der Waals surface area contributed by atoms with E-state index in [1.54, 1.807) is 42.0 Å². The third-order valence-electron chi connectivity index (χ3n) is 6.81. The first-order valence-corrected chi connectivity index (χ1v) is 12.9. The number of fused-ring (bicyclic) bond motifs is 1. The molecule has 1 aromatic heterocycles. The Bertz CT molecular complexity index is 1390. The van der Waals surface area contributed by atoms with Gasteiger partial charge in [0.2, 0.25) is 0 Å². The van der Waals surface area contributed by atoms with Crippen LogP contribution in [0.1, 0.15) is 12.0 Å². The van der Waals surface area contributed by atoms with Gasteiger partial charge in [-0.3, -0.25) is 9.36 Å². The van der Waals surface area contributed by atoms with E-state index < -0.39 is 29.6 Å². The van der Waals surface area contributed by atoms with Gasteiger partial charge in [0.25, 0.3) is 5.91 Å². The topological polar surface area (TPSA) is 122 Å². The summed E-state index contributed by atoms with van der Waals surface area (Å²) >= 11 is 0. The fraction of sp³-hybridized carbons (Fsp3) is 0.464. The molecule has 11 heteroatoms. The molecule has 1 aliphatic rings. The Morgan fingerprint density at radius 1 is 1.28 bits per heavy atom. The number of nitriles is 1. The van der Waals surface area contributed by atoms with Crippen LogP contribution in [0.5, 0.6) is 0 Å². The van der Waals surface area contributed by atoms with E-state index in [0.717, 1.165) is 5.56 Å². The zero-order chi connectivity index (χ0) is 27.9. The van der Waals surface area contributed by atoms with Crippen LogP contribution in [0.25, 0.3) is 22.2 Å². The second-order valence-corrected chi connectivity index (χ2v) is 9.87. The monoisotopic (exact) mass is 539 g/mol. The summed E-state index contributed by atoms with van der Waals surface area (Å²) < 4.78 is 33.0. The molecule has 10 nitrogen and oxygen atoms in total. The zero-order valence-electron chi connectivity index (χ0n) is 22.4. The fourth-order valence-electron chi connectivity index (χ4n) is 4.51. The number of hydrogen-bond acceptors (Lipinski definition) is 8. The number of rotatable bonds is 9. The summed E-state index contributed by atoms with van der Waals surface area (Å²) in [5.74, 6) is -1.35. The van der Waals surface area contributed by atoms with Gasteiger partial charge < -0.3 is 29.4 Å². The molecule has 1 fully saturated rings. The summed E-state index contributed by atoms with van der Waals surface area (Å²) in [6.07, 6.45) is -0.0838. The molecule has 39 heavy (non-hydrogen) atoms. The number of oxazole rings is 1. The lowest BCUT2D eigenvalue weighted by molar-refractivity contribution is -0.134. The molecule has 1 amide bonds. The number of carbonyl (C=O) groups is 1. The number of nitrogens with one attached hydrogen (secondary N) is 2. The van der Waals surface area contributed by atoms with Crippen LogP contribution < -0.4 is 16.4 Å². The van der Waals surface area contributed by atoms with Gasteiger partial charge in [0.1, 0.15) is 18.0 Å². The molecule has 3 atom stereocenters. The lowest BCUT2D eigenvalue weighted by atomic mass is 10.00. The van der Waals surface area contributed by atoms with E-state index in [0.29, 0.717) is 54.9 Å². The van der Waals surface area contributed by atoms with E-state index in [1.165, 1.54) is 6.07 Å². The van der Waals surface area contributed by atoms with Gasteiger partial charge in [-0.05, 0) is 55.4 Å². The third-order valence-corrected chi connectivity index (χ3v) is 6.81. The number of halogens is 1. The smallest absolute Gasteiger partial charge is 0.408 e. The van der Waals surface area contributed by atoms with Gasteiger partial charge in [0.15, 0.2) is 5.58 Å². The minimum absolute atomic E-state index is 0.00505. The molecule has 1 aliphatic heterocycles. The van der Waals surface area contributed by atoms with Crippen LogP contribution in [0.4, 0.5) is 4.39 Å². The van der Waals surface area contributed by atoms with Gasteiger partial charge in [-0.25, -0.2) is 9.18 Å². The molecular weight excluding hydrogens is 505 g/mol. The summed E-state index contributed by atoms with van der Waals surface area (Å²) in [7, 11) is 5.48. The average Bonchev–Trinajstić information content (AvgIpc) is 3.21. The van der Waals surface area contributed by atoms with Crippen LogP contribution in [0.2, 0.25) is 0 Å². The molecule has 0 spiro atoms. The SMILES string of the molecule is COC1CCOC(C(=O)NC(C#N)Cc2ccc(-c3ccc4oc(=O)n(CCN(C)C)c4c3)cc2F)CNC1. The minimum atomic E-state index is -0.924. The molecule has 2 heterocycles. The predicted octanol–water partition coefficient (Wildman–Crippen LogP) is 1.91. The lowest BCUT2D eigenvalue weighted by Crippen LogP contribution is -2.49. The molecule has 0 radical (unpaired) electrons. The van der Waals surface area contributed by atoms with Crippen molar-refractivity contribution in [2.45, 2.75) is 37.6 Å². The number of methoxy groups -OCH3 is 1. The standard InChI is InChI=1S/C28H34FN5O5/c1-33(2)9-10-34-24-14-19(6-7-25(24)39-28(34)36)18-4-5-20(23(29)13-18)12-21(15-30)32-27(35)26-17-31-16-22(37-3)8-11-38-26/h4-7,13-14,21-22,26,31H,8-12,16-17H2,1-3H3,(H,32,35). The summed E-state index contributed by atoms with van der Waals surface area (Å²) in [5, 5.41) is 15.4. The van der Waals surface area contributed by atoms with Crippen molar-refractivity contribution in [3.63, 3.8) is 0 Å². The molecule has 0 saturated carbocycles. The minimum Gasteiger partial charge on any atom is -0.408 e. The number of benzene rings is 2. The molecule has 208 valence electrons. The largest absolute Gasteiger partial charge is 0.419 e. The predicted molar refractivity (Wildman–Crippen MR) is 144 cm³/mol. The van der Waals surface area contributed by atoms with Crippen LogP contribution in [0.15, 0.2) is 45.6 Å². The maximum Gasteiger partial charge on any atom is 0.419 e. The quantitative estimate of drug-likeness (QED) is 0.423. The van der Waals surface area contributed by atoms with E-state index in [2.05, 4.69) is 10.6 Å². The Morgan fingerprint density at radius 3 is 2.77 bits per heavy atom. The number of aromatic nitrogens is 1. The lowest BCUT2D eigenvalue weighted by Gasteiger charge is -2.25. The summed E-state index contributed by atoms with van der Waals surface area (Å²) in [5.41, 5.74) is 2.75. The van der Waals surface area contributed by atoms with Crippen LogP contribution in [-0.4, -0.2) is 81.1 Å². The van der Waals surface area contributed by atoms with Crippen molar-refractivity contribution in [1.82, 2.24) is 20.1 Å². The molecule has 3 aromatic rings. The second kappa shape index (κ2) is 13.0. The van der Waals surface area contributed by atoms with Gasteiger partial charge >= 0.3 is 5.76 Å². The highest BCUT2D eigenvalue weighted by atomic mass is 19.1. The van der Waals surface area contributed by atoms with Crippen molar-refractivity contribution in [3.8, 4) is 17.2 Å². The summed E-state index contributed by atoms with van der Waals surface area (Å²) in [4.78, 5) is 27.0. The van der Waals surface area contributed by atoms with Crippen LogP contribution >= 0.6 is 0 Å². The number of nitrogens with zero attached hydrogens (tertiary/aromatic N) is 3. The number of amides is 1. The molecule has 2 aromatic carbocycles. The maximum absolute atomic E-state index is 15.2. The number of carbonyl (C=O) groups excluding carboxylic acids is 1. The highest BCUT2D eigenvalue weighted by Crippen LogP contribution is 2.26.